The molecule has 1 N–H and O–H groups in total. The van der Waals surface area contributed by atoms with E-state index in [0.717, 1.165) is 0 Å². The monoisotopic (exact) mass is 370 g/mol. The summed E-state index contributed by atoms with van der Waals surface area (Å²) in [5.74, 6) is -0.276. The molecule has 0 spiro atoms. The topological polar surface area (TPSA) is 111 Å². The molecule has 0 unspecified atom stereocenters. The molecule has 1 aromatic heterocycles. The Morgan fingerprint density at radius 1 is 1.19 bits per heavy atom. The van der Waals surface area contributed by atoms with Crippen molar-refractivity contribution in [1.29, 1.82) is 0 Å². The van der Waals surface area contributed by atoms with Gasteiger partial charge in [-0.25, -0.2) is 0 Å². The van der Waals surface area contributed by atoms with E-state index in [1.807, 2.05) is 0 Å². The van der Waals surface area contributed by atoms with Gasteiger partial charge in [-0.3, -0.25) is 20.2 Å². The molecular weight excluding hydrogens is 360 g/mol. The van der Waals surface area contributed by atoms with Crippen LogP contribution in [0.2, 0.25) is 5.02 Å². The Hall–Kier alpha value is -3.52. The smallest absolute Gasteiger partial charge is 0.322 e. The van der Waals surface area contributed by atoms with Crippen LogP contribution >= 0.6 is 11.6 Å². The lowest BCUT2D eigenvalue weighted by molar-refractivity contribution is -0.384. The molecule has 130 valence electrons. The van der Waals surface area contributed by atoms with Crippen molar-refractivity contribution in [3.8, 4) is 11.5 Å². The second kappa shape index (κ2) is 7.58. The van der Waals surface area contributed by atoms with Crippen LogP contribution in [0.5, 0.6) is 0 Å². The minimum atomic E-state index is -0.511. The highest BCUT2D eigenvalue weighted by Crippen LogP contribution is 2.21. The number of non-ortho nitro benzene ring substituents is 1. The molecule has 0 atom stereocenters. The number of nitro groups is 1. The Morgan fingerprint density at radius 3 is 2.69 bits per heavy atom. The lowest BCUT2D eigenvalue weighted by Crippen LogP contribution is -2.07. The third-order valence-corrected chi connectivity index (χ3v) is 3.51. The van der Waals surface area contributed by atoms with Crippen molar-refractivity contribution in [2.24, 2.45) is 0 Å². The summed E-state index contributed by atoms with van der Waals surface area (Å²) in [5.41, 5.74) is 1.12. The highest BCUT2D eigenvalue weighted by molar-refractivity contribution is 6.30. The predicted molar refractivity (Wildman–Crippen MR) is 95.5 cm³/mol. The maximum Gasteiger partial charge on any atom is 0.322 e. The summed E-state index contributed by atoms with van der Waals surface area (Å²) in [4.78, 5) is 22.1. The first kappa shape index (κ1) is 17.3. The summed E-state index contributed by atoms with van der Waals surface area (Å²) >= 11 is 5.82. The molecule has 0 aliphatic heterocycles. The third kappa shape index (κ3) is 4.31. The van der Waals surface area contributed by atoms with E-state index in [0.29, 0.717) is 16.1 Å². The van der Waals surface area contributed by atoms with Gasteiger partial charge in [-0.15, -0.1) is 5.10 Å². The van der Waals surface area contributed by atoms with Crippen molar-refractivity contribution in [2.75, 3.05) is 5.32 Å². The number of nitro benzene ring substituents is 1. The molecule has 0 fully saturated rings. The number of rotatable bonds is 5. The second-order valence-corrected chi connectivity index (χ2v) is 5.53. The van der Waals surface area contributed by atoms with Crippen molar-refractivity contribution in [3.63, 3.8) is 0 Å². The van der Waals surface area contributed by atoms with E-state index in [1.165, 1.54) is 30.4 Å². The van der Waals surface area contributed by atoms with Crippen molar-refractivity contribution >= 4 is 35.3 Å². The molecule has 0 aliphatic rings. The largest absolute Gasteiger partial charge is 0.403 e. The molecule has 0 radical (unpaired) electrons. The maximum atomic E-state index is 11.9. The zero-order chi connectivity index (χ0) is 18.5. The van der Waals surface area contributed by atoms with Gasteiger partial charge in [-0.05, 0) is 35.9 Å². The number of halogens is 1. The second-order valence-electron chi connectivity index (χ2n) is 5.09. The average Bonchev–Trinajstić information content (AvgIpc) is 3.09. The molecule has 0 saturated heterocycles. The first-order valence-corrected chi connectivity index (χ1v) is 7.72. The van der Waals surface area contributed by atoms with Gasteiger partial charge in [0.1, 0.15) is 0 Å². The Balaban J connectivity index is 1.66. The summed E-state index contributed by atoms with van der Waals surface area (Å²) in [5, 5.41) is 21.3. The zero-order valence-electron chi connectivity index (χ0n) is 13.1. The van der Waals surface area contributed by atoms with Crippen molar-refractivity contribution in [2.45, 2.75) is 0 Å². The van der Waals surface area contributed by atoms with Gasteiger partial charge in [0, 0.05) is 28.8 Å². The molecular formula is C17H11ClN4O4. The number of carbonyl (C=O) groups excluding carboxylic acids is 1. The molecule has 8 nitrogen and oxygen atoms in total. The number of carbonyl (C=O) groups is 1. The number of nitrogens with one attached hydrogen (secondary N) is 1. The van der Waals surface area contributed by atoms with Crippen molar-refractivity contribution < 1.29 is 14.1 Å². The Kier molecular flexibility index (Phi) is 5.04. The highest BCUT2D eigenvalue weighted by Gasteiger charge is 2.10. The molecule has 0 bridgehead atoms. The van der Waals surface area contributed by atoms with E-state index in [2.05, 4.69) is 15.5 Å². The standard InChI is InChI=1S/C17H11ClN4O4/c18-13-7-5-12(6-8-13)16-20-21-17(26-16)19-15(23)9-4-11-2-1-3-14(10-11)22(24)25/h1-10H,(H,19,21,23)/b9-4+. The third-order valence-electron chi connectivity index (χ3n) is 3.25. The normalized spacial score (nSPS) is 10.8. The molecule has 3 rings (SSSR count). The van der Waals surface area contributed by atoms with Crippen LogP contribution in [0.3, 0.4) is 0 Å². The quantitative estimate of drug-likeness (QED) is 0.413. The van der Waals surface area contributed by atoms with E-state index in [9.17, 15) is 14.9 Å². The number of aromatic nitrogens is 2. The molecule has 2 aromatic carbocycles. The van der Waals surface area contributed by atoms with E-state index in [4.69, 9.17) is 16.0 Å². The van der Waals surface area contributed by atoms with Crippen LogP contribution < -0.4 is 5.32 Å². The summed E-state index contributed by atoms with van der Waals surface area (Å²) in [6.07, 6.45) is 2.66. The molecule has 0 aliphatic carbocycles. The number of amides is 1. The summed E-state index contributed by atoms with van der Waals surface area (Å²) < 4.78 is 5.36. The molecule has 1 amide bonds. The summed E-state index contributed by atoms with van der Waals surface area (Å²) in [7, 11) is 0. The minimum absolute atomic E-state index is 0.0583. The number of hydrogen-bond acceptors (Lipinski definition) is 6. The van der Waals surface area contributed by atoms with Gasteiger partial charge in [0.15, 0.2) is 0 Å². The Morgan fingerprint density at radius 2 is 1.96 bits per heavy atom. The van der Waals surface area contributed by atoms with Crippen LogP contribution in [0.1, 0.15) is 5.56 Å². The van der Waals surface area contributed by atoms with E-state index < -0.39 is 10.8 Å². The maximum absolute atomic E-state index is 11.9. The van der Waals surface area contributed by atoms with Gasteiger partial charge >= 0.3 is 6.01 Å². The lowest BCUT2D eigenvalue weighted by Gasteiger charge is -1.96. The minimum Gasteiger partial charge on any atom is -0.403 e. The van der Waals surface area contributed by atoms with Crippen LogP contribution in [0.25, 0.3) is 17.5 Å². The van der Waals surface area contributed by atoms with Gasteiger partial charge < -0.3 is 4.42 Å². The van der Waals surface area contributed by atoms with Gasteiger partial charge in [0.25, 0.3) is 11.6 Å². The number of nitrogens with zero attached hydrogens (tertiary/aromatic N) is 3. The Labute approximate surface area is 152 Å². The van der Waals surface area contributed by atoms with Gasteiger partial charge in [-0.1, -0.05) is 28.8 Å². The summed E-state index contributed by atoms with van der Waals surface area (Å²) in [6, 6.07) is 12.6. The van der Waals surface area contributed by atoms with Crippen LogP contribution in [-0.2, 0) is 4.79 Å². The SMILES string of the molecule is O=C(/C=C/c1cccc([N+](=O)[O-])c1)Nc1nnc(-c2ccc(Cl)cc2)o1. The fraction of sp³-hybridized carbons (Fsp3) is 0. The Bertz CT molecular complexity index is 982. The zero-order valence-corrected chi connectivity index (χ0v) is 13.9. The highest BCUT2D eigenvalue weighted by atomic mass is 35.5. The fourth-order valence-corrected chi connectivity index (χ4v) is 2.17. The lowest BCUT2D eigenvalue weighted by atomic mass is 10.2. The van der Waals surface area contributed by atoms with Crippen LogP contribution in [0, 0.1) is 10.1 Å². The van der Waals surface area contributed by atoms with Gasteiger partial charge in [0.05, 0.1) is 4.92 Å². The first-order chi connectivity index (χ1) is 12.5. The first-order valence-electron chi connectivity index (χ1n) is 7.34. The number of anilines is 1. The van der Waals surface area contributed by atoms with Gasteiger partial charge in [0.2, 0.25) is 5.89 Å². The molecule has 0 saturated carbocycles. The van der Waals surface area contributed by atoms with E-state index in [-0.39, 0.29) is 17.6 Å². The number of benzene rings is 2. The number of hydrogen-bond donors (Lipinski definition) is 1. The van der Waals surface area contributed by atoms with Crippen LogP contribution in [-0.4, -0.2) is 21.0 Å². The van der Waals surface area contributed by atoms with Crippen LogP contribution in [0.15, 0.2) is 59.0 Å². The van der Waals surface area contributed by atoms with Crippen molar-refractivity contribution in [3.05, 3.63) is 75.3 Å². The van der Waals surface area contributed by atoms with Gasteiger partial charge in [-0.2, -0.15) is 0 Å². The fourth-order valence-electron chi connectivity index (χ4n) is 2.04. The van der Waals surface area contributed by atoms with Crippen LogP contribution in [0.4, 0.5) is 11.7 Å². The van der Waals surface area contributed by atoms with E-state index >= 15 is 0 Å². The molecule has 3 aromatic rings. The molecule has 9 heteroatoms. The molecule has 1 heterocycles. The summed E-state index contributed by atoms with van der Waals surface area (Å²) in [6.45, 7) is 0. The predicted octanol–water partition coefficient (Wildman–Crippen LogP) is 3.95. The molecule has 26 heavy (non-hydrogen) atoms. The van der Waals surface area contributed by atoms with E-state index in [1.54, 1.807) is 30.3 Å². The average molecular weight is 371 g/mol. The van der Waals surface area contributed by atoms with Crippen molar-refractivity contribution in [1.82, 2.24) is 10.2 Å².